The fraction of sp³-hybridized carbons (Fsp3) is 0.389. The number of piperidine rings is 1. The van der Waals surface area contributed by atoms with Gasteiger partial charge >= 0.3 is 0 Å². The number of carbonyl (C=O) groups is 1. The highest BCUT2D eigenvalue weighted by Crippen LogP contribution is 2.37. The van der Waals surface area contributed by atoms with Crippen LogP contribution in [0.4, 0.5) is 10.1 Å². The molecule has 3 aromatic rings. The second-order valence-corrected chi connectivity index (χ2v) is 7.11. The number of hydrogen-bond donors (Lipinski definition) is 2. The zero-order valence-electron chi connectivity index (χ0n) is 15.0. The molecule has 0 aromatic carbocycles. The van der Waals surface area contributed by atoms with E-state index in [1.165, 1.54) is 11.8 Å². The standard InChI is InChI=1S/C18H20ClFN6O/c1-10(27)25-4-3-15(14(20)9-25)26-8-11(5-24-26)12-6-22-18-16(17(12)21-2)13(19)7-23-18/h5-8,14-15H,3-4,9H2,1-2H3,(H2,21,22,23)/t14-,15-/m0/s1. The van der Waals surface area contributed by atoms with Gasteiger partial charge in [-0.15, -0.1) is 0 Å². The zero-order valence-corrected chi connectivity index (χ0v) is 15.8. The third-order valence-corrected chi connectivity index (χ3v) is 5.41. The summed E-state index contributed by atoms with van der Waals surface area (Å²) in [6.07, 6.45) is 6.34. The van der Waals surface area contributed by atoms with Gasteiger partial charge in [0, 0.05) is 50.2 Å². The van der Waals surface area contributed by atoms with Gasteiger partial charge in [-0.25, -0.2) is 9.37 Å². The molecule has 0 aliphatic carbocycles. The highest BCUT2D eigenvalue weighted by Gasteiger charge is 2.32. The van der Waals surface area contributed by atoms with Crippen molar-refractivity contribution in [1.29, 1.82) is 0 Å². The highest BCUT2D eigenvalue weighted by atomic mass is 35.5. The highest BCUT2D eigenvalue weighted by molar-refractivity contribution is 6.36. The Bertz CT molecular complexity index is 999. The Morgan fingerprint density at radius 2 is 2.26 bits per heavy atom. The van der Waals surface area contributed by atoms with E-state index in [1.807, 2.05) is 13.2 Å². The van der Waals surface area contributed by atoms with Crippen molar-refractivity contribution in [2.45, 2.75) is 25.6 Å². The van der Waals surface area contributed by atoms with Crippen LogP contribution >= 0.6 is 11.6 Å². The Morgan fingerprint density at radius 1 is 1.44 bits per heavy atom. The predicted molar refractivity (Wildman–Crippen MR) is 103 cm³/mol. The van der Waals surface area contributed by atoms with Gasteiger partial charge in [0.25, 0.3) is 0 Å². The van der Waals surface area contributed by atoms with Crippen molar-refractivity contribution in [3.8, 4) is 11.1 Å². The summed E-state index contributed by atoms with van der Waals surface area (Å²) >= 11 is 6.29. The normalized spacial score (nSPS) is 20.2. The summed E-state index contributed by atoms with van der Waals surface area (Å²) < 4.78 is 16.3. The molecule has 1 aliphatic heterocycles. The van der Waals surface area contributed by atoms with Crippen LogP contribution in [0, 0.1) is 0 Å². The van der Waals surface area contributed by atoms with Crippen LogP contribution in [0.2, 0.25) is 5.02 Å². The smallest absolute Gasteiger partial charge is 0.219 e. The maximum Gasteiger partial charge on any atom is 0.219 e. The molecular weight excluding hydrogens is 371 g/mol. The lowest BCUT2D eigenvalue weighted by atomic mass is 10.0. The van der Waals surface area contributed by atoms with Crippen molar-refractivity contribution in [2.75, 3.05) is 25.5 Å². The lowest BCUT2D eigenvalue weighted by Crippen LogP contribution is -2.44. The molecule has 27 heavy (non-hydrogen) atoms. The second kappa shape index (κ2) is 6.84. The number of aromatic amines is 1. The number of aromatic nitrogens is 4. The average molecular weight is 391 g/mol. The zero-order chi connectivity index (χ0) is 19.1. The summed E-state index contributed by atoms with van der Waals surface area (Å²) in [6, 6.07) is -0.389. The Morgan fingerprint density at radius 3 is 2.96 bits per heavy atom. The number of carbonyl (C=O) groups excluding carboxylic acids is 1. The van der Waals surface area contributed by atoms with Gasteiger partial charge in [-0.3, -0.25) is 9.48 Å². The lowest BCUT2D eigenvalue weighted by molar-refractivity contribution is -0.131. The van der Waals surface area contributed by atoms with Gasteiger partial charge in [-0.2, -0.15) is 5.10 Å². The Hall–Kier alpha value is -2.61. The summed E-state index contributed by atoms with van der Waals surface area (Å²) in [6.45, 7) is 2.10. The summed E-state index contributed by atoms with van der Waals surface area (Å²) in [4.78, 5) is 20.5. The van der Waals surface area contributed by atoms with Crippen LogP contribution in [-0.4, -0.2) is 56.9 Å². The van der Waals surface area contributed by atoms with E-state index in [9.17, 15) is 9.18 Å². The molecule has 142 valence electrons. The minimum atomic E-state index is -1.15. The molecule has 0 radical (unpaired) electrons. The minimum absolute atomic E-state index is 0.0984. The first-order valence-electron chi connectivity index (χ1n) is 8.77. The molecule has 3 aromatic heterocycles. The van der Waals surface area contributed by atoms with Crippen LogP contribution < -0.4 is 5.32 Å². The number of alkyl halides is 1. The van der Waals surface area contributed by atoms with Crippen molar-refractivity contribution >= 4 is 34.2 Å². The van der Waals surface area contributed by atoms with Crippen molar-refractivity contribution in [2.24, 2.45) is 0 Å². The van der Waals surface area contributed by atoms with Crippen molar-refractivity contribution in [3.63, 3.8) is 0 Å². The van der Waals surface area contributed by atoms with E-state index in [4.69, 9.17) is 11.6 Å². The number of halogens is 2. The van der Waals surface area contributed by atoms with E-state index < -0.39 is 6.17 Å². The van der Waals surface area contributed by atoms with Crippen LogP contribution in [0.25, 0.3) is 22.2 Å². The molecule has 0 spiro atoms. The molecule has 2 N–H and O–H groups in total. The van der Waals surface area contributed by atoms with Crippen molar-refractivity contribution < 1.29 is 9.18 Å². The fourth-order valence-corrected chi connectivity index (χ4v) is 3.91. The number of nitrogens with one attached hydrogen (secondary N) is 2. The molecule has 1 aliphatic rings. The fourth-order valence-electron chi connectivity index (χ4n) is 3.67. The average Bonchev–Trinajstić information content (AvgIpc) is 3.28. The number of nitrogens with zero attached hydrogens (tertiary/aromatic N) is 4. The van der Waals surface area contributed by atoms with Gasteiger partial charge < -0.3 is 15.2 Å². The monoisotopic (exact) mass is 390 g/mol. The molecule has 4 heterocycles. The summed E-state index contributed by atoms with van der Waals surface area (Å²) in [5.41, 5.74) is 3.21. The molecule has 9 heteroatoms. The minimum Gasteiger partial charge on any atom is -0.387 e. The first kappa shape index (κ1) is 17.8. The number of fused-ring (bicyclic) bond motifs is 1. The van der Waals surface area contributed by atoms with E-state index >= 15 is 0 Å². The summed E-state index contributed by atoms with van der Waals surface area (Å²) in [5, 5.41) is 8.95. The van der Waals surface area contributed by atoms with Crippen LogP contribution in [0.15, 0.2) is 24.8 Å². The molecule has 0 unspecified atom stereocenters. The number of anilines is 1. The Balaban J connectivity index is 1.66. The van der Waals surface area contributed by atoms with Gasteiger partial charge in [-0.05, 0) is 6.42 Å². The maximum absolute atomic E-state index is 14.6. The van der Waals surface area contributed by atoms with Crippen molar-refractivity contribution in [1.82, 2.24) is 24.6 Å². The van der Waals surface area contributed by atoms with E-state index in [1.54, 1.807) is 23.3 Å². The molecule has 1 amide bonds. The topological polar surface area (TPSA) is 78.8 Å². The first-order chi connectivity index (χ1) is 13.0. The number of hydrogen-bond acceptors (Lipinski definition) is 4. The third kappa shape index (κ3) is 3.03. The Kier molecular flexibility index (Phi) is 4.51. The van der Waals surface area contributed by atoms with E-state index in [0.29, 0.717) is 23.6 Å². The molecule has 4 rings (SSSR count). The predicted octanol–water partition coefficient (Wildman–Crippen LogP) is 3.25. The van der Waals surface area contributed by atoms with Crippen LogP contribution in [0.1, 0.15) is 19.4 Å². The number of H-pyrrole nitrogens is 1. The van der Waals surface area contributed by atoms with Crippen LogP contribution in [0.5, 0.6) is 0 Å². The summed E-state index contributed by atoms with van der Waals surface area (Å²) in [5.74, 6) is -0.0984. The summed E-state index contributed by atoms with van der Waals surface area (Å²) in [7, 11) is 1.82. The van der Waals surface area contributed by atoms with Gasteiger partial charge in [0.05, 0.1) is 34.9 Å². The van der Waals surface area contributed by atoms with E-state index in [-0.39, 0.29) is 18.5 Å². The number of likely N-dealkylation sites (tertiary alicyclic amines) is 1. The molecule has 2 atom stereocenters. The largest absolute Gasteiger partial charge is 0.387 e. The van der Waals surface area contributed by atoms with Gasteiger partial charge in [0.15, 0.2) is 0 Å². The number of rotatable bonds is 3. The van der Waals surface area contributed by atoms with Gasteiger partial charge in [0.1, 0.15) is 11.8 Å². The molecule has 1 saturated heterocycles. The third-order valence-electron chi connectivity index (χ3n) is 5.11. The van der Waals surface area contributed by atoms with Gasteiger partial charge in [0.2, 0.25) is 5.91 Å². The van der Waals surface area contributed by atoms with Crippen LogP contribution in [-0.2, 0) is 4.79 Å². The van der Waals surface area contributed by atoms with E-state index in [0.717, 1.165) is 22.2 Å². The van der Waals surface area contributed by atoms with Crippen LogP contribution in [0.3, 0.4) is 0 Å². The molecule has 7 nitrogen and oxygen atoms in total. The maximum atomic E-state index is 14.6. The first-order valence-corrected chi connectivity index (χ1v) is 9.14. The quantitative estimate of drug-likeness (QED) is 0.719. The van der Waals surface area contributed by atoms with E-state index in [2.05, 4.69) is 20.4 Å². The lowest BCUT2D eigenvalue weighted by Gasteiger charge is -2.34. The number of pyridine rings is 1. The van der Waals surface area contributed by atoms with Crippen molar-refractivity contribution in [3.05, 3.63) is 29.8 Å². The molecule has 0 bridgehead atoms. The van der Waals surface area contributed by atoms with Gasteiger partial charge in [-0.1, -0.05) is 11.6 Å². The molecular formula is C18H20ClFN6O. The Labute approximate surface area is 160 Å². The second-order valence-electron chi connectivity index (χ2n) is 6.70. The number of amides is 1. The molecule has 0 saturated carbocycles. The molecule has 1 fully saturated rings. The SMILES string of the molecule is CNc1c(-c2cnn([C@H]3CCN(C(C)=O)C[C@@H]3F)c2)cnc2[nH]cc(Cl)c12.